The highest BCUT2D eigenvalue weighted by molar-refractivity contribution is 5.88. The molecular weight excluding hydrogens is 314 g/mol. The summed E-state index contributed by atoms with van der Waals surface area (Å²) < 4.78 is 0. The number of carboxylic acid groups (broad SMARTS) is 1. The number of aromatic carboxylic acids is 1. The first-order valence-corrected chi connectivity index (χ1v) is 8.63. The van der Waals surface area contributed by atoms with E-state index in [4.69, 9.17) is 5.11 Å². The summed E-state index contributed by atoms with van der Waals surface area (Å²) >= 11 is 0. The second-order valence-electron chi connectivity index (χ2n) is 6.78. The normalized spacial score (nSPS) is 13.4. The van der Waals surface area contributed by atoms with Gasteiger partial charge in [0.25, 0.3) is 0 Å². The predicted molar refractivity (Wildman–Crippen MR) is 96.8 cm³/mol. The lowest BCUT2D eigenvalue weighted by Gasteiger charge is -2.29. The minimum absolute atomic E-state index is 0.131. The van der Waals surface area contributed by atoms with E-state index in [9.17, 15) is 9.59 Å². The summed E-state index contributed by atoms with van der Waals surface area (Å²) in [6.07, 6.45) is 2.01. The summed E-state index contributed by atoms with van der Waals surface area (Å²) in [5, 5.41) is 9.14. The Morgan fingerprint density at radius 3 is 2.60 bits per heavy atom. The average molecular weight is 337 g/mol. The lowest BCUT2D eigenvalue weighted by atomic mass is 9.96. The Labute approximate surface area is 148 Å². The van der Waals surface area contributed by atoms with Crippen molar-refractivity contribution in [1.29, 1.82) is 0 Å². The van der Waals surface area contributed by atoms with Crippen LogP contribution >= 0.6 is 0 Å². The molecule has 0 fully saturated rings. The van der Waals surface area contributed by atoms with Crippen LogP contribution < -0.4 is 0 Å². The molecule has 1 N–H and O–H groups in total. The number of amides is 1. The topological polar surface area (TPSA) is 57.6 Å². The number of hydrogen-bond acceptors (Lipinski definition) is 2. The van der Waals surface area contributed by atoms with Crippen LogP contribution in [-0.2, 0) is 24.2 Å². The van der Waals surface area contributed by atoms with Crippen LogP contribution in [0.2, 0.25) is 0 Å². The van der Waals surface area contributed by atoms with Crippen LogP contribution in [0.15, 0.2) is 36.4 Å². The summed E-state index contributed by atoms with van der Waals surface area (Å²) in [5.41, 5.74) is 6.04. The van der Waals surface area contributed by atoms with E-state index in [1.807, 2.05) is 11.0 Å². The number of rotatable bonds is 4. The third-order valence-corrected chi connectivity index (χ3v) is 4.92. The van der Waals surface area contributed by atoms with Crippen molar-refractivity contribution >= 4 is 11.9 Å². The van der Waals surface area contributed by atoms with Gasteiger partial charge in [-0.3, -0.25) is 4.79 Å². The first-order valence-electron chi connectivity index (χ1n) is 8.63. The van der Waals surface area contributed by atoms with E-state index in [1.54, 1.807) is 12.1 Å². The summed E-state index contributed by atoms with van der Waals surface area (Å²) in [6.45, 7) is 5.35. The van der Waals surface area contributed by atoms with Crippen molar-refractivity contribution in [3.05, 3.63) is 69.8 Å². The van der Waals surface area contributed by atoms with Crippen molar-refractivity contribution in [3.63, 3.8) is 0 Å². The van der Waals surface area contributed by atoms with Crippen LogP contribution in [0.3, 0.4) is 0 Å². The molecule has 2 aromatic rings. The van der Waals surface area contributed by atoms with Gasteiger partial charge >= 0.3 is 5.97 Å². The number of fused-ring (bicyclic) bond motifs is 1. The van der Waals surface area contributed by atoms with Gasteiger partial charge in [-0.05, 0) is 61.1 Å². The Hall–Kier alpha value is -2.62. The van der Waals surface area contributed by atoms with Gasteiger partial charge in [-0.15, -0.1) is 0 Å². The molecule has 0 spiro atoms. The minimum atomic E-state index is -0.930. The zero-order valence-electron chi connectivity index (χ0n) is 14.7. The predicted octanol–water partition coefficient (Wildman–Crippen LogP) is 3.52. The maximum Gasteiger partial charge on any atom is 0.335 e. The largest absolute Gasteiger partial charge is 0.478 e. The zero-order chi connectivity index (χ0) is 18.0. The minimum Gasteiger partial charge on any atom is -0.478 e. The van der Waals surface area contributed by atoms with Gasteiger partial charge in [-0.2, -0.15) is 0 Å². The molecule has 0 saturated heterocycles. The number of hydrogen-bond donors (Lipinski definition) is 1. The van der Waals surface area contributed by atoms with Crippen molar-refractivity contribution in [1.82, 2.24) is 4.90 Å². The Bertz CT molecular complexity index is 826. The summed E-state index contributed by atoms with van der Waals surface area (Å²) in [5.74, 6) is -0.799. The number of carboxylic acids is 1. The van der Waals surface area contributed by atoms with Crippen LogP contribution in [0.4, 0.5) is 0 Å². The fourth-order valence-electron chi connectivity index (χ4n) is 3.43. The molecule has 1 heterocycles. The molecule has 1 amide bonds. The second kappa shape index (κ2) is 7.09. The van der Waals surface area contributed by atoms with Crippen LogP contribution in [-0.4, -0.2) is 28.4 Å². The first kappa shape index (κ1) is 17.2. The van der Waals surface area contributed by atoms with Crippen molar-refractivity contribution in [2.24, 2.45) is 0 Å². The molecule has 0 bridgehead atoms. The molecule has 0 unspecified atom stereocenters. The molecule has 0 aliphatic carbocycles. The van der Waals surface area contributed by atoms with Crippen LogP contribution in [0.1, 0.15) is 44.6 Å². The van der Waals surface area contributed by atoms with Gasteiger partial charge in [-0.1, -0.05) is 29.8 Å². The third kappa shape index (κ3) is 3.90. The van der Waals surface area contributed by atoms with E-state index in [0.29, 0.717) is 19.5 Å². The van der Waals surface area contributed by atoms with E-state index in [0.717, 1.165) is 24.0 Å². The van der Waals surface area contributed by atoms with Gasteiger partial charge in [-0.25, -0.2) is 4.79 Å². The molecule has 4 nitrogen and oxygen atoms in total. The van der Waals surface area contributed by atoms with Gasteiger partial charge in [0.1, 0.15) is 0 Å². The fraction of sp³-hybridized carbons (Fsp3) is 0.333. The zero-order valence-corrected chi connectivity index (χ0v) is 14.7. The van der Waals surface area contributed by atoms with Crippen molar-refractivity contribution in [2.45, 2.75) is 39.7 Å². The summed E-state index contributed by atoms with van der Waals surface area (Å²) in [6, 6.07) is 11.5. The van der Waals surface area contributed by atoms with E-state index in [1.165, 1.54) is 16.7 Å². The number of carbonyl (C=O) groups excluding carboxylic acids is 1. The molecule has 2 aromatic carbocycles. The van der Waals surface area contributed by atoms with Gasteiger partial charge in [0.05, 0.1) is 5.56 Å². The average Bonchev–Trinajstić information content (AvgIpc) is 2.59. The van der Waals surface area contributed by atoms with E-state index < -0.39 is 5.97 Å². The number of carbonyl (C=O) groups is 2. The standard InChI is InChI=1S/C21H23NO3/c1-14-3-4-16(15(2)11-14)7-8-20(23)22-10-9-17-5-6-18(21(24)25)12-19(17)13-22/h3-6,11-12H,7-10,13H2,1-2H3,(H,24,25). The first-order chi connectivity index (χ1) is 11.9. The quantitative estimate of drug-likeness (QED) is 0.929. The Morgan fingerprint density at radius 2 is 1.88 bits per heavy atom. The van der Waals surface area contributed by atoms with Gasteiger partial charge in [0.15, 0.2) is 0 Å². The molecule has 0 radical (unpaired) electrons. The monoisotopic (exact) mass is 337 g/mol. The van der Waals surface area contributed by atoms with Crippen molar-refractivity contribution in [2.75, 3.05) is 6.54 Å². The Kier molecular flexibility index (Phi) is 4.88. The Morgan fingerprint density at radius 1 is 1.08 bits per heavy atom. The molecule has 1 aliphatic rings. The highest BCUT2D eigenvalue weighted by atomic mass is 16.4. The smallest absolute Gasteiger partial charge is 0.335 e. The number of nitrogens with zero attached hydrogens (tertiary/aromatic N) is 1. The van der Waals surface area contributed by atoms with Gasteiger partial charge in [0.2, 0.25) is 5.91 Å². The van der Waals surface area contributed by atoms with Crippen LogP contribution in [0, 0.1) is 13.8 Å². The van der Waals surface area contributed by atoms with Gasteiger partial charge in [0, 0.05) is 19.5 Å². The lowest BCUT2D eigenvalue weighted by Crippen LogP contribution is -2.36. The summed E-state index contributed by atoms with van der Waals surface area (Å²) in [7, 11) is 0. The van der Waals surface area contributed by atoms with E-state index >= 15 is 0 Å². The molecule has 0 atom stereocenters. The van der Waals surface area contributed by atoms with Crippen LogP contribution in [0.25, 0.3) is 0 Å². The van der Waals surface area contributed by atoms with Crippen molar-refractivity contribution < 1.29 is 14.7 Å². The second-order valence-corrected chi connectivity index (χ2v) is 6.78. The maximum atomic E-state index is 12.6. The van der Waals surface area contributed by atoms with E-state index in [2.05, 4.69) is 32.0 Å². The SMILES string of the molecule is Cc1ccc(CCC(=O)N2CCc3ccc(C(=O)O)cc3C2)c(C)c1. The van der Waals surface area contributed by atoms with Gasteiger partial charge < -0.3 is 10.0 Å². The molecule has 3 rings (SSSR count). The molecule has 1 aliphatic heterocycles. The molecule has 0 aromatic heterocycles. The number of aryl methyl sites for hydroxylation is 3. The molecule has 25 heavy (non-hydrogen) atoms. The van der Waals surface area contributed by atoms with Crippen LogP contribution in [0.5, 0.6) is 0 Å². The fourth-order valence-corrected chi connectivity index (χ4v) is 3.43. The maximum absolute atomic E-state index is 12.6. The molecule has 4 heteroatoms. The molecule has 130 valence electrons. The third-order valence-electron chi connectivity index (χ3n) is 4.92. The Balaban J connectivity index is 1.65. The van der Waals surface area contributed by atoms with Crippen molar-refractivity contribution in [3.8, 4) is 0 Å². The number of benzene rings is 2. The molecule has 0 saturated carbocycles. The highest BCUT2D eigenvalue weighted by Crippen LogP contribution is 2.22. The highest BCUT2D eigenvalue weighted by Gasteiger charge is 2.21. The van der Waals surface area contributed by atoms with E-state index in [-0.39, 0.29) is 11.5 Å². The summed E-state index contributed by atoms with van der Waals surface area (Å²) in [4.78, 5) is 25.6. The molecular formula is C21H23NO3. The lowest BCUT2D eigenvalue weighted by molar-refractivity contribution is -0.132.